The number of amides is 2. The zero-order valence-electron chi connectivity index (χ0n) is 20.3. The maximum absolute atomic E-state index is 13.1. The Morgan fingerprint density at radius 3 is 2.62 bits per heavy atom. The fourth-order valence-electron chi connectivity index (χ4n) is 6.37. The molecule has 3 aliphatic rings. The van der Waals surface area contributed by atoms with Gasteiger partial charge < -0.3 is 14.4 Å². The van der Waals surface area contributed by atoms with Crippen molar-refractivity contribution in [2.45, 2.75) is 76.4 Å². The number of likely N-dealkylation sites (tertiary alicyclic amines) is 1. The normalized spacial score (nSPS) is 25.6. The number of hydrogen-bond donors (Lipinski definition) is 1. The summed E-state index contributed by atoms with van der Waals surface area (Å²) in [5.74, 6) is 0.974. The number of anilines is 1. The lowest BCUT2D eigenvalue weighted by atomic mass is 9.52. The Balaban J connectivity index is 1.41. The lowest BCUT2D eigenvalue weighted by molar-refractivity contribution is -0.0349. The molecule has 1 saturated heterocycles. The Bertz CT molecular complexity index is 1080. The summed E-state index contributed by atoms with van der Waals surface area (Å²) in [6, 6.07) is 15.5. The minimum atomic E-state index is -0.503. The molecule has 1 aliphatic heterocycles. The lowest BCUT2D eigenvalue weighted by Gasteiger charge is -2.58. The van der Waals surface area contributed by atoms with E-state index in [2.05, 4.69) is 17.4 Å². The van der Waals surface area contributed by atoms with Crippen LogP contribution in [-0.2, 0) is 16.6 Å². The van der Waals surface area contributed by atoms with Gasteiger partial charge in [-0.25, -0.2) is 9.59 Å². The van der Waals surface area contributed by atoms with Crippen molar-refractivity contribution >= 4 is 17.9 Å². The maximum Gasteiger partial charge on any atom is 0.417 e. The molecule has 0 spiro atoms. The van der Waals surface area contributed by atoms with Gasteiger partial charge in [-0.1, -0.05) is 37.1 Å². The molecule has 5 rings (SSSR count). The number of nitrogens with one attached hydrogen (secondary N) is 1. The molecule has 2 amide bonds. The molecule has 3 unspecified atom stereocenters. The first kappa shape index (κ1) is 22.8. The minimum absolute atomic E-state index is 0.0320. The van der Waals surface area contributed by atoms with Crippen molar-refractivity contribution in [3.63, 3.8) is 0 Å². The van der Waals surface area contributed by atoms with Crippen LogP contribution in [-0.4, -0.2) is 35.3 Å². The van der Waals surface area contributed by atoms with E-state index in [0.29, 0.717) is 23.9 Å². The van der Waals surface area contributed by atoms with E-state index in [1.807, 2.05) is 62.1 Å². The van der Waals surface area contributed by atoms with Gasteiger partial charge in [0.1, 0.15) is 11.4 Å². The number of piperidine rings is 1. The van der Waals surface area contributed by atoms with Crippen molar-refractivity contribution in [2.24, 2.45) is 5.92 Å². The van der Waals surface area contributed by atoms with E-state index < -0.39 is 11.7 Å². The lowest BCUT2D eigenvalue weighted by Crippen LogP contribution is -2.62. The maximum atomic E-state index is 13.1. The topological polar surface area (TPSA) is 67.9 Å². The molecule has 6 heteroatoms. The number of fused-ring (bicyclic) bond motifs is 1. The van der Waals surface area contributed by atoms with Gasteiger partial charge in [-0.3, -0.25) is 5.32 Å². The van der Waals surface area contributed by atoms with Crippen LogP contribution in [0.2, 0.25) is 0 Å². The summed E-state index contributed by atoms with van der Waals surface area (Å²) in [5, 5.41) is 2.79. The van der Waals surface area contributed by atoms with Crippen LogP contribution in [0.5, 0.6) is 5.75 Å². The first-order chi connectivity index (χ1) is 16.2. The molecule has 180 valence electrons. The number of para-hydroxylation sites is 1. The van der Waals surface area contributed by atoms with Crippen molar-refractivity contribution < 1.29 is 19.1 Å². The number of rotatable bonds is 2. The van der Waals surface area contributed by atoms with Gasteiger partial charge in [0, 0.05) is 23.7 Å². The molecule has 2 aromatic carbocycles. The monoisotopic (exact) mass is 462 g/mol. The van der Waals surface area contributed by atoms with E-state index in [-0.39, 0.29) is 17.6 Å². The van der Waals surface area contributed by atoms with Crippen LogP contribution in [0.1, 0.15) is 64.0 Å². The third-order valence-corrected chi connectivity index (χ3v) is 7.67. The number of carbonyl (C=O) groups excluding carboxylic acids is 2. The van der Waals surface area contributed by atoms with E-state index in [9.17, 15) is 9.59 Å². The predicted molar refractivity (Wildman–Crippen MR) is 131 cm³/mol. The van der Waals surface area contributed by atoms with E-state index in [1.165, 1.54) is 24.0 Å². The first-order valence-corrected chi connectivity index (χ1v) is 12.4. The zero-order valence-corrected chi connectivity index (χ0v) is 20.3. The van der Waals surface area contributed by atoms with Crippen LogP contribution in [0.3, 0.4) is 0 Å². The van der Waals surface area contributed by atoms with Gasteiger partial charge in [0.05, 0.1) is 0 Å². The van der Waals surface area contributed by atoms with Crippen molar-refractivity contribution in [2.75, 3.05) is 11.9 Å². The molecule has 1 N–H and O–H groups in total. The second-order valence-corrected chi connectivity index (χ2v) is 10.9. The van der Waals surface area contributed by atoms with Crippen LogP contribution in [0, 0.1) is 5.92 Å². The van der Waals surface area contributed by atoms with Crippen molar-refractivity contribution in [3.8, 4) is 5.75 Å². The van der Waals surface area contributed by atoms with Gasteiger partial charge in [0.2, 0.25) is 0 Å². The average molecular weight is 463 g/mol. The highest BCUT2D eigenvalue weighted by molar-refractivity contribution is 5.86. The molecule has 2 fully saturated rings. The number of hydrogen-bond acceptors (Lipinski definition) is 4. The van der Waals surface area contributed by atoms with Crippen LogP contribution in [0.4, 0.5) is 15.3 Å². The standard InChI is InChI=1S/C28H34N2O4/c1-27(2,3)34-26(32)30-16-15-28-14-8-7-11-22(28)24(30)17-19-12-13-21(18-23(19)28)33-25(31)29-20-9-5-4-6-10-20/h4-6,9-10,12-13,18,22,24H,7-8,11,14-17H2,1-3H3,(H,29,31). The summed E-state index contributed by atoms with van der Waals surface area (Å²) in [4.78, 5) is 27.5. The molecule has 3 atom stereocenters. The highest BCUT2D eigenvalue weighted by atomic mass is 16.6. The molecular formula is C28H34N2O4. The van der Waals surface area contributed by atoms with Gasteiger partial charge in [-0.05, 0) is 87.8 Å². The van der Waals surface area contributed by atoms with E-state index >= 15 is 0 Å². The van der Waals surface area contributed by atoms with E-state index in [4.69, 9.17) is 9.47 Å². The molecule has 2 aliphatic carbocycles. The van der Waals surface area contributed by atoms with Gasteiger partial charge in [-0.2, -0.15) is 0 Å². The number of benzene rings is 2. The summed E-state index contributed by atoms with van der Waals surface area (Å²) in [7, 11) is 0. The molecule has 2 aromatic rings. The number of carbonyl (C=O) groups is 2. The average Bonchev–Trinajstić information content (AvgIpc) is 2.79. The molecule has 2 bridgehead atoms. The molecule has 6 nitrogen and oxygen atoms in total. The molecular weight excluding hydrogens is 428 g/mol. The van der Waals surface area contributed by atoms with Gasteiger partial charge >= 0.3 is 12.2 Å². The van der Waals surface area contributed by atoms with Crippen LogP contribution >= 0.6 is 0 Å². The van der Waals surface area contributed by atoms with Crippen molar-refractivity contribution in [3.05, 3.63) is 59.7 Å². The van der Waals surface area contributed by atoms with E-state index in [1.54, 1.807) is 0 Å². The third kappa shape index (κ3) is 4.26. The van der Waals surface area contributed by atoms with Gasteiger partial charge in [0.25, 0.3) is 0 Å². The summed E-state index contributed by atoms with van der Waals surface area (Å²) >= 11 is 0. The molecule has 0 aromatic heterocycles. The molecule has 0 radical (unpaired) electrons. The predicted octanol–water partition coefficient (Wildman–Crippen LogP) is 6.29. The highest BCUT2D eigenvalue weighted by Gasteiger charge is 2.55. The van der Waals surface area contributed by atoms with Crippen molar-refractivity contribution in [1.29, 1.82) is 0 Å². The number of nitrogens with zero attached hydrogens (tertiary/aromatic N) is 1. The fourth-order valence-corrected chi connectivity index (χ4v) is 6.37. The Morgan fingerprint density at radius 1 is 1.06 bits per heavy atom. The summed E-state index contributed by atoms with van der Waals surface area (Å²) in [6.07, 6.45) is 5.66. The highest BCUT2D eigenvalue weighted by Crippen LogP contribution is 2.56. The van der Waals surface area contributed by atoms with Crippen molar-refractivity contribution in [1.82, 2.24) is 4.90 Å². The summed E-state index contributed by atoms with van der Waals surface area (Å²) in [5.41, 5.74) is 2.80. The second kappa shape index (κ2) is 8.64. The fraction of sp³-hybridized carbons (Fsp3) is 0.500. The minimum Gasteiger partial charge on any atom is -0.444 e. The van der Waals surface area contributed by atoms with Gasteiger partial charge in [0.15, 0.2) is 0 Å². The van der Waals surface area contributed by atoms with Crippen LogP contribution in [0.25, 0.3) is 0 Å². The molecule has 1 saturated carbocycles. The number of ether oxygens (including phenoxy) is 2. The Kier molecular flexibility index (Phi) is 5.78. The van der Waals surface area contributed by atoms with Crippen LogP contribution in [0.15, 0.2) is 48.5 Å². The van der Waals surface area contributed by atoms with Crippen LogP contribution < -0.4 is 10.1 Å². The Labute approximate surface area is 201 Å². The first-order valence-electron chi connectivity index (χ1n) is 12.4. The SMILES string of the molecule is CC(C)(C)OC(=O)N1CCC23CCCCC2C1Cc1ccc(OC(=O)Nc2ccccc2)cc13. The second-order valence-electron chi connectivity index (χ2n) is 10.9. The third-order valence-electron chi connectivity index (χ3n) is 7.67. The van der Waals surface area contributed by atoms with Gasteiger partial charge in [-0.15, -0.1) is 0 Å². The Morgan fingerprint density at radius 2 is 1.85 bits per heavy atom. The zero-order chi connectivity index (χ0) is 23.9. The van der Waals surface area contributed by atoms with E-state index in [0.717, 1.165) is 25.7 Å². The smallest absolute Gasteiger partial charge is 0.417 e. The summed E-state index contributed by atoms with van der Waals surface area (Å²) in [6.45, 7) is 6.47. The molecule has 34 heavy (non-hydrogen) atoms. The quantitative estimate of drug-likeness (QED) is 0.569. The largest absolute Gasteiger partial charge is 0.444 e. The Hall–Kier alpha value is -3.02. The summed E-state index contributed by atoms with van der Waals surface area (Å²) < 4.78 is 11.4. The molecule has 1 heterocycles.